The second-order valence-electron chi connectivity index (χ2n) is 3.14. The number of nitrogens with zero attached hydrogens (tertiary/aromatic N) is 2. The highest BCUT2D eigenvalue weighted by Gasteiger charge is 2.04. The van der Waals surface area contributed by atoms with Crippen LogP contribution in [0.4, 0.5) is 8.78 Å². The molecule has 0 fully saturated rings. The first-order valence-electron chi connectivity index (χ1n) is 4.58. The molecule has 1 aromatic heterocycles. The average Bonchev–Trinajstić information content (AvgIpc) is 2.27. The summed E-state index contributed by atoms with van der Waals surface area (Å²) in [5, 5.41) is 0. The van der Waals surface area contributed by atoms with Gasteiger partial charge in [-0.15, -0.1) is 0 Å². The zero-order valence-electron chi connectivity index (χ0n) is 8.45. The van der Waals surface area contributed by atoms with E-state index in [1.165, 1.54) is 31.2 Å². The van der Waals surface area contributed by atoms with Crippen LogP contribution in [0.1, 0.15) is 5.69 Å². The Morgan fingerprint density at radius 3 is 2.44 bits per heavy atom. The van der Waals surface area contributed by atoms with Gasteiger partial charge in [0.1, 0.15) is 11.6 Å². The molecule has 1 aromatic carbocycles. The molecule has 3 nitrogen and oxygen atoms in total. The number of halogens is 2. The molecule has 0 spiro atoms. The minimum Gasteiger partial charge on any atom is -0.424 e. The highest BCUT2D eigenvalue weighted by Crippen LogP contribution is 2.18. The van der Waals surface area contributed by atoms with Crippen molar-refractivity contribution in [2.45, 2.75) is 6.92 Å². The van der Waals surface area contributed by atoms with Gasteiger partial charge in [-0.1, -0.05) is 0 Å². The lowest BCUT2D eigenvalue weighted by molar-refractivity contribution is 0.432. The van der Waals surface area contributed by atoms with E-state index in [2.05, 4.69) is 9.97 Å². The van der Waals surface area contributed by atoms with Crippen LogP contribution in [0.5, 0.6) is 11.8 Å². The van der Waals surface area contributed by atoms with Crippen molar-refractivity contribution >= 4 is 0 Å². The van der Waals surface area contributed by atoms with Crippen LogP contribution in [0, 0.1) is 18.6 Å². The Kier molecular flexibility index (Phi) is 2.76. The first-order chi connectivity index (χ1) is 7.65. The van der Waals surface area contributed by atoms with Gasteiger partial charge >= 0.3 is 6.01 Å². The molecule has 0 atom stereocenters. The van der Waals surface area contributed by atoms with Crippen molar-refractivity contribution in [3.63, 3.8) is 0 Å². The molecule has 0 aliphatic rings. The van der Waals surface area contributed by atoms with Crippen molar-refractivity contribution in [3.8, 4) is 11.8 Å². The van der Waals surface area contributed by atoms with Gasteiger partial charge in [0, 0.05) is 0 Å². The summed E-state index contributed by atoms with van der Waals surface area (Å²) in [6.07, 6.45) is 1.03. The van der Waals surface area contributed by atoms with E-state index in [-0.39, 0.29) is 17.5 Å². The van der Waals surface area contributed by atoms with Gasteiger partial charge in [0.25, 0.3) is 0 Å². The summed E-state index contributed by atoms with van der Waals surface area (Å²) in [4.78, 5) is 7.44. The number of aromatic nitrogens is 2. The predicted molar refractivity (Wildman–Crippen MR) is 53.2 cm³/mol. The van der Waals surface area contributed by atoms with E-state index in [1.807, 2.05) is 0 Å². The van der Waals surface area contributed by atoms with Gasteiger partial charge in [-0.25, -0.2) is 13.8 Å². The predicted octanol–water partition coefficient (Wildman–Crippen LogP) is 2.86. The molecule has 0 saturated heterocycles. The summed E-state index contributed by atoms with van der Waals surface area (Å²) in [6, 6.07) is 5.43. The standard InChI is InChI=1S/C11H8F2N2O/c1-7-10(13)6-14-11(15-7)16-9-4-2-8(12)3-5-9/h2-6H,1H3. The summed E-state index contributed by atoms with van der Waals surface area (Å²) in [5.74, 6) is -0.456. The number of benzene rings is 1. The second-order valence-corrected chi connectivity index (χ2v) is 3.14. The fourth-order valence-corrected chi connectivity index (χ4v) is 1.09. The van der Waals surface area contributed by atoms with Crippen LogP contribution in [0.25, 0.3) is 0 Å². The van der Waals surface area contributed by atoms with Crippen molar-refractivity contribution in [1.82, 2.24) is 9.97 Å². The number of hydrogen-bond donors (Lipinski definition) is 0. The zero-order valence-corrected chi connectivity index (χ0v) is 8.45. The van der Waals surface area contributed by atoms with Gasteiger partial charge in [0.15, 0.2) is 5.82 Å². The van der Waals surface area contributed by atoms with Crippen LogP contribution in [-0.4, -0.2) is 9.97 Å². The molecular formula is C11H8F2N2O. The first-order valence-corrected chi connectivity index (χ1v) is 4.58. The van der Waals surface area contributed by atoms with Crippen LogP contribution in [0.2, 0.25) is 0 Å². The molecule has 0 unspecified atom stereocenters. The number of ether oxygens (including phenoxy) is 1. The Hall–Kier alpha value is -2.04. The molecule has 5 heteroatoms. The normalized spacial score (nSPS) is 10.2. The fourth-order valence-electron chi connectivity index (χ4n) is 1.09. The molecule has 0 bridgehead atoms. The van der Waals surface area contributed by atoms with Crippen LogP contribution in [-0.2, 0) is 0 Å². The van der Waals surface area contributed by atoms with Gasteiger partial charge in [0.05, 0.1) is 11.9 Å². The lowest BCUT2D eigenvalue weighted by atomic mass is 10.3. The number of hydrogen-bond acceptors (Lipinski definition) is 3. The topological polar surface area (TPSA) is 35.0 Å². The SMILES string of the molecule is Cc1nc(Oc2ccc(F)cc2)ncc1F. The van der Waals surface area contributed by atoms with Crippen LogP contribution in [0.15, 0.2) is 30.5 Å². The molecule has 0 N–H and O–H groups in total. The Morgan fingerprint density at radius 2 is 1.81 bits per heavy atom. The minimum atomic E-state index is -0.494. The van der Waals surface area contributed by atoms with E-state index in [1.54, 1.807) is 0 Å². The molecule has 0 amide bonds. The summed E-state index contributed by atoms with van der Waals surface area (Å²) in [7, 11) is 0. The largest absolute Gasteiger partial charge is 0.424 e. The second kappa shape index (κ2) is 4.22. The van der Waals surface area contributed by atoms with Gasteiger partial charge in [0.2, 0.25) is 0 Å². The summed E-state index contributed by atoms with van der Waals surface area (Å²) in [6.45, 7) is 1.51. The van der Waals surface area contributed by atoms with Gasteiger partial charge in [-0.3, -0.25) is 0 Å². The Labute approximate surface area is 90.7 Å². The number of rotatable bonds is 2. The Morgan fingerprint density at radius 1 is 1.12 bits per heavy atom. The maximum absolute atomic E-state index is 12.9. The molecule has 0 aliphatic heterocycles. The average molecular weight is 222 g/mol. The smallest absolute Gasteiger partial charge is 0.322 e. The molecule has 1 heterocycles. The van der Waals surface area contributed by atoms with Gasteiger partial charge in [-0.2, -0.15) is 4.98 Å². The molecule has 0 saturated carbocycles. The van der Waals surface area contributed by atoms with Crippen LogP contribution < -0.4 is 4.74 Å². The van der Waals surface area contributed by atoms with Gasteiger partial charge < -0.3 is 4.74 Å². The molecule has 16 heavy (non-hydrogen) atoms. The monoisotopic (exact) mass is 222 g/mol. The van der Waals surface area contributed by atoms with Crippen LogP contribution in [0.3, 0.4) is 0 Å². The van der Waals surface area contributed by atoms with Crippen molar-refractivity contribution in [2.24, 2.45) is 0 Å². The maximum Gasteiger partial charge on any atom is 0.322 e. The molecule has 2 aromatic rings. The number of aryl methyl sites for hydroxylation is 1. The minimum absolute atomic E-state index is 0.0329. The summed E-state index contributed by atoms with van der Waals surface area (Å²) >= 11 is 0. The van der Waals surface area contributed by atoms with E-state index in [9.17, 15) is 8.78 Å². The Balaban J connectivity index is 2.20. The van der Waals surface area contributed by atoms with Crippen LogP contribution >= 0.6 is 0 Å². The highest BCUT2D eigenvalue weighted by molar-refractivity contribution is 5.25. The third-order valence-corrected chi connectivity index (χ3v) is 1.92. The summed E-state index contributed by atoms with van der Waals surface area (Å²) < 4.78 is 30.7. The highest BCUT2D eigenvalue weighted by atomic mass is 19.1. The quantitative estimate of drug-likeness (QED) is 0.783. The van der Waals surface area contributed by atoms with E-state index < -0.39 is 5.82 Å². The van der Waals surface area contributed by atoms with E-state index in [0.717, 1.165) is 6.20 Å². The third kappa shape index (κ3) is 2.31. The van der Waals surface area contributed by atoms with Crippen molar-refractivity contribution < 1.29 is 13.5 Å². The van der Waals surface area contributed by atoms with E-state index >= 15 is 0 Å². The summed E-state index contributed by atoms with van der Waals surface area (Å²) in [5.41, 5.74) is 0.201. The fraction of sp³-hybridized carbons (Fsp3) is 0.0909. The molecule has 82 valence electrons. The third-order valence-electron chi connectivity index (χ3n) is 1.92. The molecular weight excluding hydrogens is 214 g/mol. The lowest BCUT2D eigenvalue weighted by Crippen LogP contribution is -1.96. The molecule has 2 rings (SSSR count). The maximum atomic E-state index is 12.9. The molecule has 0 radical (unpaired) electrons. The van der Waals surface area contributed by atoms with Gasteiger partial charge in [-0.05, 0) is 31.2 Å². The van der Waals surface area contributed by atoms with Crippen molar-refractivity contribution in [3.05, 3.63) is 47.8 Å². The Bertz CT molecular complexity index is 500. The molecule has 0 aliphatic carbocycles. The lowest BCUT2D eigenvalue weighted by Gasteiger charge is -2.03. The van der Waals surface area contributed by atoms with E-state index in [4.69, 9.17) is 4.74 Å². The zero-order chi connectivity index (χ0) is 11.5. The van der Waals surface area contributed by atoms with E-state index in [0.29, 0.717) is 5.75 Å². The first kappa shape index (κ1) is 10.5. The van der Waals surface area contributed by atoms with Crippen molar-refractivity contribution in [1.29, 1.82) is 0 Å². The van der Waals surface area contributed by atoms with Crippen molar-refractivity contribution in [2.75, 3.05) is 0 Å².